The quantitative estimate of drug-likeness (QED) is 0.811. The molecule has 1 fully saturated rings. The molecule has 1 amide bonds. The summed E-state index contributed by atoms with van der Waals surface area (Å²) in [5, 5.41) is 0. The number of hydrogen-bond acceptors (Lipinski definition) is 5. The zero-order valence-electron chi connectivity index (χ0n) is 14.2. The zero-order chi connectivity index (χ0) is 17.6. The Hall–Kier alpha value is -1.44. The SMILES string of the molecule is COCc1ccccc1S(=O)(=O)NC(=O)COC1CCCC(C)C1. The van der Waals surface area contributed by atoms with Crippen molar-refractivity contribution in [3.63, 3.8) is 0 Å². The first-order valence-electron chi connectivity index (χ1n) is 8.16. The maximum Gasteiger partial charge on any atom is 0.264 e. The van der Waals surface area contributed by atoms with Gasteiger partial charge in [0.25, 0.3) is 15.9 Å². The van der Waals surface area contributed by atoms with Crippen LogP contribution in [0.4, 0.5) is 0 Å². The fourth-order valence-electron chi connectivity index (χ4n) is 3.00. The van der Waals surface area contributed by atoms with Crippen molar-refractivity contribution in [2.24, 2.45) is 5.92 Å². The van der Waals surface area contributed by atoms with Crippen molar-refractivity contribution in [1.82, 2.24) is 4.72 Å². The van der Waals surface area contributed by atoms with Crippen LogP contribution in [0.5, 0.6) is 0 Å². The lowest BCUT2D eigenvalue weighted by Gasteiger charge is -2.26. The van der Waals surface area contributed by atoms with Gasteiger partial charge >= 0.3 is 0 Å². The van der Waals surface area contributed by atoms with Crippen LogP contribution in [-0.2, 0) is 30.9 Å². The maximum absolute atomic E-state index is 12.4. The number of rotatable bonds is 7. The van der Waals surface area contributed by atoms with Gasteiger partial charge in [0.2, 0.25) is 0 Å². The normalized spacial score (nSPS) is 21.4. The van der Waals surface area contributed by atoms with Gasteiger partial charge < -0.3 is 9.47 Å². The third-order valence-electron chi connectivity index (χ3n) is 4.15. The van der Waals surface area contributed by atoms with E-state index < -0.39 is 15.9 Å². The summed E-state index contributed by atoms with van der Waals surface area (Å²) >= 11 is 0. The zero-order valence-corrected chi connectivity index (χ0v) is 15.0. The topological polar surface area (TPSA) is 81.7 Å². The molecule has 134 valence electrons. The fraction of sp³-hybridized carbons (Fsp3) is 0.588. The van der Waals surface area contributed by atoms with Crippen molar-refractivity contribution >= 4 is 15.9 Å². The largest absolute Gasteiger partial charge is 0.380 e. The molecule has 0 radical (unpaired) electrons. The van der Waals surface area contributed by atoms with Gasteiger partial charge in [-0.25, -0.2) is 13.1 Å². The van der Waals surface area contributed by atoms with Crippen LogP contribution in [0.2, 0.25) is 0 Å². The highest BCUT2D eigenvalue weighted by Gasteiger charge is 2.23. The minimum atomic E-state index is -3.94. The van der Waals surface area contributed by atoms with E-state index in [2.05, 4.69) is 11.6 Å². The standard InChI is InChI=1S/C17H25NO5S/c1-13-6-5-8-15(10-13)23-12-17(19)18-24(20,21)16-9-4-3-7-14(16)11-22-2/h3-4,7,9,13,15H,5-6,8,10-12H2,1-2H3,(H,18,19). The molecule has 2 unspecified atom stereocenters. The number of ether oxygens (including phenoxy) is 2. The molecule has 7 heteroatoms. The Kier molecular flexibility index (Phi) is 6.77. The Morgan fingerprint density at radius 3 is 2.75 bits per heavy atom. The molecule has 0 aliphatic heterocycles. The number of methoxy groups -OCH3 is 1. The van der Waals surface area contributed by atoms with Gasteiger partial charge in [-0.2, -0.15) is 0 Å². The van der Waals surface area contributed by atoms with Crippen LogP contribution in [0.3, 0.4) is 0 Å². The average molecular weight is 355 g/mol. The molecule has 2 atom stereocenters. The van der Waals surface area contributed by atoms with Crippen molar-refractivity contribution in [3.8, 4) is 0 Å². The molecule has 1 aromatic carbocycles. The van der Waals surface area contributed by atoms with E-state index in [1.54, 1.807) is 18.2 Å². The predicted octanol–water partition coefficient (Wildman–Crippen LogP) is 2.23. The number of sulfonamides is 1. The van der Waals surface area contributed by atoms with Gasteiger partial charge in [-0.15, -0.1) is 0 Å². The first-order valence-corrected chi connectivity index (χ1v) is 9.64. The molecule has 1 saturated carbocycles. The van der Waals surface area contributed by atoms with Gasteiger partial charge in [0, 0.05) is 7.11 Å². The summed E-state index contributed by atoms with van der Waals surface area (Å²) in [6, 6.07) is 6.44. The fourth-order valence-corrected chi connectivity index (χ4v) is 4.20. The van der Waals surface area contributed by atoms with E-state index in [0.717, 1.165) is 19.3 Å². The summed E-state index contributed by atoms with van der Waals surface area (Å²) in [7, 11) is -2.45. The number of benzene rings is 1. The van der Waals surface area contributed by atoms with Crippen LogP contribution in [0.25, 0.3) is 0 Å². The predicted molar refractivity (Wildman–Crippen MR) is 89.9 cm³/mol. The molecule has 0 heterocycles. The molecule has 0 aromatic heterocycles. The molecule has 1 aromatic rings. The van der Waals surface area contributed by atoms with Gasteiger partial charge in [0.1, 0.15) is 6.61 Å². The number of carbonyl (C=O) groups is 1. The third kappa shape index (κ3) is 5.29. The van der Waals surface area contributed by atoms with Crippen LogP contribution < -0.4 is 4.72 Å². The highest BCUT2D eigenvalue weighted by molar-refractivity contribution is 7.90. The highest BCUT2D eigenvalue weighted by atomic mass is 32.2. The molecule has 6 nitrogen and oxygen atoms in total. The van der Waals surface area contributed by atoms with E-state index in [0.29, 0.717) is 11.5 Å². The molecular weight excluding hydrogens is 330 g/mol. The highest BCUT2D eigenvalue weighted by Crippen LogP contribution is 2.25. The summed E-state index contributed by atoms with van der Waals surface area (Å²) in [5.74, 6) is -0.0723. The lowest BCUT2D eigenvalue weighted by molar-refractivity contribution is -0.126. The number of nitrogens with one attached hydrogen (secondary N) is 1. The van der Waals surface area contributed by atoms with Crippen LogP contribution >= 0.6 is 0 Å². The van der Waals surface area contributed by atoms with Crippen molar-refractivity contribution in [3.05, 3.63) is 29.8 Å². The Labute approximate surface area is 143 Å². The van der Waals surface area contributed by atoms with Crippen molar-refractivity contribution in [2.45, 2.75) is 50.2 Å². The van der Waals surface area contributed by atoms with Gasteiger partial charge in [-0.1, -0.05) is 38.0 Å². The second-order valence-electron chi connectivity index (χ2n) is 6.27. The minimum Gasteiger partial charge on any atom is -0.380 e. The van der Waals surface area contributed by atoms with Gasteiger partial charge in [0.15, 0.2) is 0 Å². The van der Waals surface area contributed by atoms with E-state index in [9.17, 15) is 13.2 Å². The molecule has 0 saturated heterocycles. The molecule has 1 N–H and O–H groups in total. The van der Waals surface area contributed by atoms with Crippen LogP contribution in [0, 0.1) is 5.92 Å². The number of hydrogen-bond donors (Lipinski definition) is 1. The van der Waals surface area contributed by atoms with E-state index in [-0.39, 0.29) is 24.2 Å². The Bertz CT molecular complexity index is 659. The summed E-state index contributed by atoms with van der Waals surface area (Å²) in [5.41, 5.74) is 0.502. The summed E-state index contributed by atoms with van der Waals surface area (Å²) in [4.78, 5) is 12.0. The van der Waals surface area contributed by atoms with Gasteiger partial charge in [-0.3, -0.25) is 4.79 Å². The molecule has 24 heavy (non-hydrogen) atoms. The summed E-state index contributed by atoms with van der Waals surface area (Å²) in [6.45, 7) is 2.07. The molecule has 1 aliphatic carbocycles. The molecule has 0 bridgehead atoms. The van der Waals surface area contributed by atoms with E-state index >= 15 is 0 Å². The Morgan fingerprint density at radius 2 is 2.04 bits per heavy atom. The average Bonchev–Trinajstić information content (AvgIpc) is 2.53. The number of amides is 1. The Morgan fingerprint density at radius 1 is 1.29 bits per heavy atom. The first-order chi connectivity index (χ1) is 11.4. The summed E-state index contributed by atoms with van der Waals surface area (Å²) in [6.07, 6.45) is 4.12. The molecule has 0 spiro atoms. The Balaban J connectivity index is 1.95. The van der Waals surface area contributed by atoms with Crippen LogP contribution in [-0.4, -0.2) is 34.1 Å². The maximum atomic E-state index is 12.4. The van der Waals surface area contributed by atoms with Crippen molar-refractivity contribution < 1.29 is 22.7 Å². The monoisotopic (exact) mass is 355 g/mol. The van der Waals surface area contributed by atoms with Crippen molar-refractivity contribution in [2.75, 3.05) is 13.7 Å². The lowest BCUT2D eigenvalue weighted by atomic mass is 9.89. The molecular formula is C17H25NO5S. The minimum absolute atomic E-state index is 0.0305. The smallest absolute Gasteiger partial charge is 0.264 e. The van der Waals surface area contributed by atoms with Gasteiger partial charge in [0.05, 0.1) is 17.6 Å². The van der Waals surface area contributed by atoms with Crippen molar-refractivity contribution in [1.29, 1.82) is 0 Å². The van der Waals surface area contributed by atoms with Crippen LogP contribution in [0.15, 0.2) is 29.2 Å². The first kappa shape index (κ1) is 18.9. The van der Waals surface area contributed by atoms with Gasteiger partial charge in [-0.05, 0) is 30.4 Å². The third-order valence-corrected chi connectivity index (χ3v) is 5.62. The van der Waals surface area contributed by atoms with E-state index in [1.165, 1.54) is 19.6 Å². The van der Waals surface area contributed by atoms with E-state index in [1.807, 2.05) is 0 Å². The second-order valence-corrected chi connectivity index (χ2v) is 7.93. The van der Waals surface area contributed by atoms with Crippen LogP contribution in [0.1, 0.15) is 38.2 Å². The second kappa shape index (κ2) is 8.60. The number of carbonyl (C=O) groups excluding carboxylic acids is 1. The molecule has 1 aliphatic rings. The lowest BCUT2D eigenvalue weighted by Crippen LogP contribution is -2.35. The van der Waals surface area contributed by atoms with E-state index in [4.69, 9.17) is 9.47 Å². The molecule has 2 rings (SSSR count). The summed E-state index contributed by atoms with van der Waals surface area (Å²) < 4.78 is 37.4.